The molecule has 1 heterocycles. The molecule has 0 radical (unpaired) electrons. The first-order valence-electron chi connectivity index (χ1n) is 6.94. The van der Waals surface area contributed by atoms with E-state index < -0.39 is 0 Å². The number of hydrogen-bond acceptors (Lipinski definition) is 2. The zero-order chi connectivity index (χ0) is 13.3. The molecule has 100 valence electrons. The highest BCUT2D eigenvalue weighted by Gasteiger charge is 2.19. The zero-order valence-corrected chi connectivity index (χ0v) is 12.4. The van der Waals surface area contributed by atoms with E-state index in [9.17, 15) is 0 Å². The molecular formula is C16H26N2. The lowest BCUT2D eigenvalue weighted by molar-refractivity contribution is 0.218. The van der Waals surface area contributed by atoms with Crippen molar-refractivity contribution in [1.82, 2.24) is 10.2 Å². The quantitative estimate of drug-likeness (QED) is 0.878. The molecular weight excluding hydrogens is 220 g/mol. The predicted octanol–water partition coefficient (Wildman–Crippen LogP) is 2.57. The van der Waals surface area contributed by atoms with Gasteiger partial charge in [-0.3, -0.25) is 0 Å². The fourth-order valence-electron chi connectivity index (χ4n) is 2.79. The lowest BCUT2D eigenvalue weighted by atomic mass is 9.93. The summed E-state index contributed by atoms with van der Waals surface area (Å²) in [5, 5.41) is 3.34. The maximum absolute atomic E-state index is 3.34. The van der Waals surface area contributed by atoms with E-state index in [1.807, 2.05) is 0 Å². The molecule has 1 saturated heterocycles. The van der Waals surface area contributed by atoms with Crippen LogP contribution in [0, 0.1) is 33.6 Å². The van der Waals surface area contributed by atoms with Crippen molar-refractivity contribution < 1.29 is 0 Å². The molecule has 1 aliphatic rings. The van der Waals surface area contributed by atoms with Crippen molar-refractivity contribution >= 4 is 0 Å². The second kappa shape index (κ2) is 5.41. The van der Waals surface area contributed by atoms with Gasteiger partial charge in [0, 0.05) is 26.2 Å². The summed E-state index contributed by atoms with van der Waals surface area (Å²) in [7, 11) is 2.24. The summed E-state index contributed by atoms with van der Waals surface area (Å²) in [6, 6.07) is 2.31. The molecule has 0 aromatic heterocycles. The van der Waals surface area contributed by atoms with Gasteiger partial charge in [-0.15, -0.1) is 0 Å². The van der Waals surface area contributed by atoms with Crippen LogP contribution in [0.3, 0.4) is 0 Å². The molecule has 1 N–H and O–H groups in total. The van der Waals surface area contributed by atoms with E-state index in [1.165, 1.54) is 47.5 Å². The molecule has 2 rings (SSSR count). The van der Waals surface area contributed by atoms with Crippen LogP contribution < -0.4 is 5.32 Å². The highest BCUT2D eigenvalue weighted by atomic mass is 15.1. The number of rotatable bonds is 4. The maximum Gasteiger partial charge on any atom is 0.0236 e. The summed E-state index contributed by atoms with van der Waals surface area (Å²) in [6.45, 7) is 13.6. The Morgan fingerprint density at radius 2 is 1.67 bits per heavy atom. The van der Waals surface area contributed by atoms with E-state index >= 15 is 0 Å². The first-order chi connectivity index (χ1) is 8.49. The molecule has 2 nitrogen and oxygen atoms in total. The summed E-state index contributed by atoms with van der Waals surface area (Å²) < 4.78 is 0. The van der Waals surface area contributed by atoms with Gasteiger partial charge in [-0.05, 0) is 68.5 Å². The Kier molecular flexibility index (Phi) is 4.08. The van der Waals surface area contributed by atoms with Gasteiger partial charge >= 0.3 is 0 Å². The van der Waals surface area contributed by atoms with Gasteiger partial charge in [0.05, 0.1) is 0 Å². The number of hydrogen-bond donors (Lipinski definition) is 1. The molecule has 2 heteroatoms. The molecule has 0 amide bonds. The van der Waals surface area contributed by atoms with Crippen LogP contribution in [-0.4, -0.2) is 31.6 Å². The van der Waals surface area contributed by atoms with Crippen LogP contribution in [0.25, 0.3) is 0 Å². The average Bonchev–Trinajstić information content (AvgIpc) is 2.27. The fourth-order valence-corrected chi connectivity index (χ4v) is 2.79. The molecule has 1 aromatic carbocycles. The minimum absolute atomic E-state index is 0.849. The fraction of sp³-hybridized carbons (Fsp3) is 0.625. The van der Waals surface area contributed by atoms with Gasteiger partial charge in [0.25, 0.3) is 0 Å². The van der Waals surface area contributed by atoms with E-state index in [0.29, 0.717) is 0 Å². The Labute approximate surface area is 111 Å². The molecule has 0 saturated carbocycles. The molecule has 1 fully saturated rings. The first kappa shape index (κ1) is 13.6. The Morgan fingerprint density at radius 1 is 1.11 bits per heavy atom. The maximum atomic E-state index is 3.34. The van der Waals surface area contributed by atoms with Crippen LogP contribution >= 0.6 is 0 Å². The largest absolute Gasteiger partial charge is 0.316 e. The normalized spacial score (nSPS) is 16.1. The SMILES string of the molecule is Cc1cc(C)c(C)c(CN(C)CC2CNC2)c1C. The Morgan fingerprint density at radius 3 is 2.11 bits per heavy atom. The van der Waals surface area contributed by atoms with E-state index in [1.54, 1.807) is 0 Å². The molecule has 1 aromatic rings. The Hall–Kier alpha value is -0.860. The van der Waals surface area contributed by atoms with E-state index in [-0.39, 0.29) is 0 Å². The van der Waals surface area contributed by atoms with Crippen LogP contribution in [0.5, 0.6) is 0 Å². The van der Waals surface area contributed by atoms with Crippen LogP contribution in [0.2, 0.25) is 0 Å². The zero-order valence-electron chi connectivity index (χ0n) is 12.4. The molecule has 18 heavy (non-hydrogen) atoms. The third-order valence-corrected chi connectivity index (χ3v) is 4.39. The van der Waals surface area contributed by atoms with Crippen LogP contribution in [0.1, 0.15) is 27.8 Å². The first-order valence-corrected chi connectivity index (χ1v) is 6.94. The Balaban J connectivity index is 2.12. The second-order valence-electron chi connectivity index (χ2n) is 5.96. The van der Waals surface area contributed by atoms with E-state index in [2.05, 4.69) is 51.0 Å². The monoisotopic (exact) mass is 246 g/mol. The van der Waals surface area contributed by atoms with Crippen molar-refractivity contribution in [3.05, 3.63) is 33.9 Å². The third kappa shape index (κ3) is 2.76. The van der Waals surface area contributed by atoms with Crippen molar-refractivity contribution in [3.8, 4) is 0 Å². The highest BCUT2D eigenvalue weighted by molar-refractivity contribution is 5.43. The number of benzene rings is 1. The van der Waals surface area contributed by atoms with Gasteiger partial charge in [0.15, 0.2) is 0 Å². The van der Waals surface area contributed by atoms with Crippen LogP contribution in [0.4, 0.5) is 0 Å². The minimum atomic E-state index is 0.849. The molecule has 0 atom stereocenters. The van der Waals surface area contributed by atoms with Crippen molar-refractivity contribution in [3.63, 3.8) is 0 Å². The van der Waals surface area contributed by atoms with E-state index in [0.717, 1.165) is 12.5 Å². The molecule has 1 aliphatic heterocycles. The van der Waals surface area contributed by atoms with Gasteiger partial charge in [-0.1, -0.05) is 6.07 Å². The Bertz CT molecular complexity index is 407. The molecule has 0 bridgehead atoms. The summed E-state index contributed by atoms with van der Waals surface area (Å²) in [5.74, 6) is 0.849. The topological polar surface area (TPSA) is 15.3 Å². The van der Waals surface area contributed by atoms with Crippen molar-refractivity contribution in [2.45, 2.75) is 34.2 Å². The van der Waals surface area contributed by atoms with Gasteiger partial charge in [0.2, 0.25) is 0 Å². The summed E-state index contributed by atoms with van der Waals surface area (Å²) in [5.41, 5.74) is 7.31. The number of nitrogens with zero attached hydrogens (tertiary/aromatic N) is 1. The standard InChI is InChI=1S/C16H26N2/c1-11-6-12(2)14(4)16(13(11)3)10-18(5)9-15-7-17-8-15/h6,15,17H,7-10H2,1-5H3. The smallest absolute Gasteiger partial charge is 0.0236 e. The van der Waals surface area contributed by atoms with Crippen molar-refractivity contribution in [2.75, 3.05) is 26.7 Å². The van der Waals surface area contributed by atoms with Crippen molar-refractivity contribution in [1.29, 1.82) is 0 Å². The number of nitrogens with one attached hydrogen (secondary N) is 1. The minimum Gasteiger partial charge on any atom is -0.316 e. The van der Waals surface area contributed by atoms with E-state index in [4.69, 9.17) is 0 Å². The van der Waals surface area contributed by atoms with Gasteiger partial charge < -0.3 is 10.2 Å². The molecule has 0 unspecified atom stereocenters. The summed E-state index contributed by atoms with van der Waals surface area (Å²) in [6.07, 6.45) is 0. The summed E-state index contributed by atoms with van der Waals surface area (Å²) in [4.78, 5) is 2.47. The lowest BCUT2D eigenvalue weighted by Gasteiger charge is -2.32. The number of aryl methyl sites for hydroxylation is 2. The average molecular weight is 246 g/mol. The highest BCUT2D eigenvalue weighted by Crippen LogP contribution is 2.23. The molecule has 0 aliphatic carbocycles. The van der Waals surface area contributed by atoms with Gasteiger partial charge in [-0.25, -0.2) is 0 Å². The third-order valence-electron chi connectivity index (χ3n) is 4.39. The van der Waals surface area contributed by atoms with Crippen LogP contribution in [-0.2, 0) is 6.54 Å². The van der Waals surface area contributed by atoms with Gasteiger partial charge in [0.1, 0.15) is 0 Å². The van der Waals surface area contributed by atoms with Gasteiger partial charge in [-0.2, -0.15) is 0 Å². The van der Waals surface area contributed by atoms with Crippen LogP contribution in [0.15, 0.2) is 6.07 Å². The predicted molar refractivity (Wildman–Crippen MR) is 78.1 cm³/mol. The second-order valence-corrected chi connectivity index (χ2v) is 5.96. The van der Waals surface area contributed by atoms with Crippen molar-refractivity contribution in [2.24, 2.45) is 5.92 Å². The lowest BCUT2D eigenvalue weighted by Crippen LogP contribution is -2.47. The summed E-state index contributed by atoms with van der Waals surface area (Å²) >= 11 is 0. The molecule has 0 spiro atoms.